The number of hydrogen-bond donors (Lipinski definition) is 3. The Morgan fingerprint density at radius 2 is 1.97 bits per heavy atom. The molecule has 1 saturated heterocycles. The van der Waals surface area contributed by atoms with Crippen molar-refractivity contribution in [1.82, 2.24) is 15.5 Å². The molecule has 1 aliphatic rings. The summed E-state index contributed by atoms with van der Waals surface area (Å²) in [7, 11) is 2.55. The molecular weight excluding hydrogens is 432 g/mol. The lowest BCUT2D eigenvalue weighted by Crippen LogP contribution is -2.50. The number of nitrogens with one attached hydrogen (secondary N) is 2. The standard InChI is InChI=1S/C18H28N4O8S/c1-4-30-15(25)8-20-16(26)11(9-31-12-7-14(24)22(2)17(12)27)21-13(23)6-5-10(19)18(28)29-3/h10-12H,4-9,19H2,1-3H3,(H,20,26)(H,21,23). The third kappa shape index (κ3) is 8.53. The lowest BCUT2D eigenvalue weighted by atomic mass is 10.1. The zero-order valence-corrected chi connectivity index (χ0v) is 18.5. The van der Waals surface area contributed by atoms with Crippen molar-refractivity contribution >= 4 is 47.3 Å². The van der Waals surface area contributed by atoms with Crippen molar-refractivity contribution in [1.29, 1.82) is 0 Å². The Morgan fingerprint density at radius 1 is 1.29 bits per heavy atom. The number of nitrogens with zero attached hydrogens (tertiary/aromatic N) is 1. The number of imide groups is 1. The number of thioether (sulfide) groups is 1. The minimum atomic E-state index is -1.09. The summed E-state index contributed by atoms with van der Waals surface area (Å²) in [5, 5.41) is 4.21. The van der Waals surface area contributed by atoms with Crippen molar-refractivity contribution in [2.75, 3.05) is 33.1 Å². The highest BCUT2D eigenvalue weighted by atomic mass is 32.2. The first kappa shape index (κ1) is 26.4. The lowest BCUT2D eigenvalue weighted by Gasteiger charge is -2.19. The third-order valence-electron chi connectivity index (χ3n) is 4.35. The molecule has 12 nitrogen and oxygen atoms in total. The molecule has 0 aromatic rings. The van der Waals surface area contributed by atoms with Crippen molar-refractivity contribution in [3.8, 4) is 0 Å². The second-order valence-corrected chi connectivity index (χ2v) is 7.86. The number of carbonyl (C=O) groups excluding carboxylic acids is 6. The summed E-state index contributed by atoms with van der Waals surface area (Å²) < 4.78 is 9.23. The van der Waals surface area contributed by atoms with E-state index in [1.165, 1.54) is 14.2 Å². The number of hydrogen-bond acceptors (Lipinski definition) is 10. The van der Waals surface area contributed by atoms with Crippen molar-refractivity contribution in [2.45, 2.75) is 43.5 Å². The van der Waals surface area contributed by atoms with Crippen LogP contribution in [0.1, 0.15) is 26.2 Å². The molecule has 4 N–H and O–H groups in total. The van der Waals surface area contributed by atoms with E-state index in [0.717, 1.165) is 16.7 Å². The van der Waals surface area contributed by atoms with Crippen LogP contribution in [0.5, 0.6) is 0 Å². The molecule has 4 amide bonds. The fraction of sp³-hybridized carbons (Fsp3) is 0.667. The highest BCUT2D eigenvalue weighted by Crippen LogP contribution is 2.24. The van der Waals surface area contributed by atoms with Crippen LogP contribution in [0.15, 0.2) is 0 Å². The Bertz CT molecular complexity index is 717. The first-order valence-corrected chi connectivity index (χ1v) is 10.6. The zero-order valence-electron chi connectivity index (χ0n) is 17.7. The molecule has 0 aromatic carbocycles. The van der Waals surface area contributed by atoms with Gasteiger partial charge in [0, 0.05) is 25.6 Å². The number of ether oxygens (including phenoxy) is 2. The van der Waals surface area contributed by atoms with Crippen molar-refractivity contribution in [3.63, 3.8) is 0 Å². The van der Waals surface area contributed by atoms with Crippen LogP contribution in [0.25, 0.3) is 0 Å². The van der Waals surface area contributed by atoms with E-state index in [2.05, 4.69) is 15.4 Å². The molecule has 0 aliphatic carbocycles. The van der Waals surface area contributed by atoms with Crippen LogP contribution in [-0.4, -0.2) is 90.9 Å². The van der Waals surface area contributed by atoms with Gasteiger partial charge in [-0.2, -0.15) is 0 Å². The van der Waals surface area contributed by atoms with E-state index in [9.17, 15) is 28.8 Å². The predicted molar refractivity (Wildman–Crippen MR) is 109 cm³/mol. The molecule has 3 atom stereocenters. The first-order chi connectivity index (χ1) is 14.6. The smallest absolute Gasteiger partial charge is 0.325 e. The van der Waals surface area contributed by atoms with E-state index in [1.54, 1.807) is 6.92 Å². The zero-order chi connectivity index (χ0) is 23.6. The van der Waals surface area contributed by atoms with E-state index >= 15 is 0 Å². The second kappa shape index (κ2) is 12.9. The van der Waals surface area contributed by atoms with Gasteiger partial charge in [-0.05, 0) is 13.3 Å². The minimum absolute atomic E-state index is 0.000899. The SMILES string of the molecule is CCOC(=O)CNC(=O)C(CSC1CC(=O)N(C)C1=O)NC(=O)CCC(N)C(=O)OC. The number of carbonyl (C=O) groups is 6. The van der Waals surface area contributed by atoms with Crippen LogP contribution < -0.4 is 16.4 Å². The Kier molecular flexibility index (Phi) is 11.0. The monoisotopic (exact) mass is 460 g/mol. The van der Waals surface area contributed by atoms with Gasteiger partial charge in [-0.25, -0.2) is 0 Å². The van der Waals surface area contributed by atoms with Crippen molar-refractivity contribution < 1.29 is 38.2 Å². The number of nitrogens with two attached hydrogens (primary N) is 1. The van der Waals surface area contributed by atoms with Gasteiger partial charge in [0.15, 0.2) is 0 Å². The molecule has 0 radical (unpaired) electrons. The van der Waals surface area contributed by atoms with Gasteiger partial charge in [-0.3, -0.25) is 33.7 Å². The summed E-state index contributed by atoms with van der Waals surface area (Å²) in [5.41, 5.74) is 5.60. The Morgan fingerprint density at radius 3 is 2.52 bits per heavy atom. The van der Waals surface area contributed by atoms with E-state index in [0.29, 0.717) is 0 Å². The summed E-state index contributed by atoms with van der Waals surface area (Å²) in [6.45, 7) is 1.38. The summed E-state index contributed by atoms with van der Waals surface area (Å²) in [4.78, 5) is 72.3. The topological polar surface area (TPSA) is 174 Å². The molecule has 0 saturated carbocycles. The van der Waals surface area contributed by atoms with Gasteiger partial charge in [-0.1, -0.05) is 0 Å². The van der Waals surface area contributed by atoms with Crippen LogP contribution in [0.4, 0.5) is 0 Å². The summed E-state index contributed by atoms with van der Waals surface area (Å²) in [6, 6.07) is -2.08. The average Bonchev–Trinajstić information content (AvgIpc) is 2.99. The predicted octanol–water partition coefficient (Wildman–Crippen LogP) is -2.08. The minimum Gasteiger partial charge on any atom is -0.468 e. The van der Waals surface area contributed by atoms with Crippen molar-refractivity contribution in [2.24, 2.45) is 5.73 Å². The van der Waals surface area contributed by atoms with Crippen LogP contribution in [0, 0.1) is 0 Å². The van der Waals surface area contributed by atoms with Gasteiger partial charge in [-0.15, -0.1) is 11.8 Å². The molecular formula is C18H28N4O8S. The maximum atomic E-state index is 12.5. The fourth-order valence-corrected chi connectivity index (χ4v) is 3.78. The number of esters is 2. The number of methoxy groups -OCH3 is 1. The summed E-state index contributed by atoms with van der Waals surface area (Å²) in [6.07, 6.45) is -0.144. The van der Waals surface area contributed by atoms with Crippen LogP contribution in [-0.2, 0) is 38.2 Å². The molecule has 0 aromatic heterocycles. The molecule has 31 heavy (non-hydrogen) atoms. The molecule has 3 unspecified atom stereocenters. The van der Waals surface area contributed by atoms with E-state index in [-0.39, 0.29) is 50.0 Å². The van der Waals surface area contributed by atoms with Gasteiger partial charge >= 0.3 is 11.9 Å². The second-order valence-electron chi connectivity index (χ2n) is 6.63. The first-order valence-electron chi connectivity index (χ1n) is 9.58. The summed E-state index contributed by atoms with van der Waals surface area (Å²) >= 11 is 1.05. The van der Waals surface area contributed by atoms with Gasteiger partial charge in [0.25, 0.3) is 0 Å². The molecule has 1 aliphatic heterocycles. The average molecular weight is 461 g/mol. The Labute approximate surface area is 183 Å². The van der Waals surface area contributed by atoms with Crippen LogP contribution >= 0.6 is 11.8 Å². The van der Waals surface area contributed by atoms with Gasteiger partial charge in [0.1, 0.15) is 18.6 Å². The van der Waals surface area contributed by atoms with Gasteiger partial charge < -0.3 is 25.8 Å². The molecule has 0 bridgehead atoms. The molecule has 174 valence electrons. The largest absolute Gasteiger partial charge is 0.468 e. The van der Waals surface area contributed by atoms with Gasteiger partial charge in [0.05, 0.1) is 19.0 Å². The maximum absolute atomic E-state index is 12.5. The highest BCUT2D eigenvalue weighted by molar-refractivity contribution is 8.00. The lowest BCUT2D eigenvalue weighted by molar-refractivity contribution is -0.143. The fourth-order valence-electron chi connectivity index (χ4n) is 2.56. The van der Waals surface area contributed by atoms with E-state index < -0.39 is 41.1 Å². The highest BCUT2D eigenvalue weighted by Gasteiger charge is 2.37. The number of rotatable bonds is 12. The number of likely N-dealkylation sites (tertiary alicyclic amines) is 1. The summed E-state index contributed by atoms with van der Waals surface area (Å²) in [5.74, 6) is -3.24. The molecule has 0 spiro atoms. The number of amides is 4. The quantitative estimate of drug-likeness (QED) is 0.217. The van der Waals surface area contributed by atoms with Crippen molar-refractivity contribution in [3.05, 3.63) is 0 Å². The molecule has 1 heterocycles. The maximum Gasteiger partial charge on any atom is 0.325 e. The van der Waals surface area contributed by atoms with E-state index in [1.807, 2.05) is 0 Å². The van der Waals surface area contributed by atoms with Crippen LogP contribution in [0.2, 0.25) is 0 Å². The Balaban J connectivity index is 2.70. The normalized spacial score (nSPS) is 17.7. The van der Waals surface area contributed by atoms with E-state index in [4.69, 9.17) is 10.5 Å². The molecule has 13 heteroatoms. The Hall–Kier alpha value is -2.67. The molecule has 1 rings (SSSR count). The third-order valence-corrected chi connectivity index (χ3v) is 5.65. The van der Waals surface area contributed by atoms with Gasteiger partial charge in [0.2, 0.25) is 23.6 Å². The van der Waals surface area contributed by atoms with Crippen LogP contribution in [0.3, 0.4) is 0 Å². The molecule has 1 fully saturated rings.